The number of piperazine rings is 1. The van der Waals surface area contributed by atoms with E-state index in [9.17, 15) is 9.18 Å². The quantitative estimate of drug-likeness (QED) is 0.818. The van der Waals surface area contributed by atoms with E-state index in [0.717, 1.165) is 12.2 Å². The smallest absolute Gasteiger partial charge is 0.244 e. The van der Waals surface area contributed by atoms with Crippen molar-refractivity contribution in [2.45, 2.75) is 45.7 Å². The van der Waals surface area contributed by atoms with Gasteiger partial charge in [-0.1, -0.05) is 51.1 Å². The van der Waals surface area contributed by atoms with Gasteiger partial charge in [0, 0.05) is 30.9 Å². The average molecular weight is 354 g/mol. The molecule has 0 aromatic heterocycles. The van der Waals surface area contributed by atoms with Crippen LogP contribution in [-0.2, 0) is 16.8 Å². The van der Waals surface area contributed by atoms with Gasteiger partial charge in [-0.05, 0) is 36.1 Å². The fraction of sp³-hybridized carbons (Fsp3) is 0.409. The third-order valence-corrected chi connectivity index (χ3v) is 5.16. The molecule has 3 nitrogen and oxygen atoms in total. The fourth-order valence-electron chi connectivity index (χ4n) is 3.37. The van der Waals surface area contributed by atoms with Crippen LogP contribution in [0.5, 0.6) is 0 Å². The molecule has 2 aromatic carbocycles. The highest BCUT2D eigenvalue weighted by Crippen LogP contribution is 2.27. The molecule has 1 fully saturated rings. The normalized spacial score (nSPS) is 19.0. The summed E-state index contributed by atoms with van der Waals surface area (Å²) in [4.78, 5) is 16.8. The topological polar surface area (TPSA) is 23.6 Å². The van der Waals surface area contributed by atoms with Gasteiger partial charge in [0.2, 0.25) is 5.91 Å². The van der Waals surface area contributed by atoms with Crippen molar-refractivity contribution in [2.24, 2.45) is 0 Å². The molecule has 1 aliphatic heterocycles. The molecule has 4 heteroatoms. The van der Waals surface area contributed by atoms with E-state index >= 15 is 0 Å². The predicted octanol–water partition coefficient (Wildman–Crippen LogP) is 4.36. The van der Waals surface area contributed by atoms with Crippen molar-refractivity contribution in [2.75, 3.05) is 18.0 Å². The Morgan fingerprint density at radius 2 is 1.69 bits per heavy atom. The van der Waals surface area contributed by atoms with E-state index in [0.29, 0.717) is 18.7 Å². The number of hydrogen-bond acceptors (Lipinski definition) is 2. The molecular weight excluding hydrogens is 327 g/mol. The minimum absolute atomic E-state index is 0.0658. The monoisotopic (exact) mass is 354 g/mol. The van der Waals surface area contributed by atoms with Gasteiger partial charge in [-0.15, -0.1) is 0 Å². The van der Waals surface area contributed by atoms with Crippen LogP contribution >= 0.6 is 0 Å². The summed E-state index contributed by atoms with van der Waals surface area (Å²) in [5.41, 5.74) is 2.91. The highest BCUT2D eigenvalue weighted by Gasteiger charge is 2.32. The van der Waals surface area contributed by atoms with Crippen molar-refractivity contribution in [3.8, 4) is 0 Å². The number of carbonyl (C=O) groups excluding carboxylic acids is 1. The number of nitrogens with zero attached hydrogens (tertiary/aromatic N) is 2. The third kappa shape index (κ3) is 3.80. The number of anilines is 1. The largest absolute Gasteiger partial charge is 0.310 e. The first-order valence-corrected chi connectivity index (χ1v) is 9.17. The van der Waals surface area contributed by atoms with Gasteiger partial charge in [-0.25, -0.2) is 4.39 Å². The lowest BCUT2D eigenvalue weighted by Crippen LogP contribution is -2.55. The Bertz CT molecular complexity index is 779. The molecule has 1 aliphatic rings. The van der Waals surface area contributed by atoms with Crippen molar-refractivity contribution < 1.29 is 9.18 Å². The van der Waals surface area contributed by atoms with E-state index in [2.05, 4.69) is 32.9 Å². The summed E-state index contributed by atoms with van der Waals surface area (Å²) in [5.74, 6) is -0.150. The van der Waals surface area contributed by atoms with E-state index < -0.39 is 0 Å². The Kier molecular flexibility index (Phi) is 5.15. The maximum Gasteiger partial charge on any atom is 0.244 e. The van der Waals surface area contributed by atoms with E-state index in [1.807, 2.05) is 34.9 Å². The van der Waals surface area contributed by atoms with Gasteiger partial charge in [-0.2, -0.15) is 0 Å². The highest BCUT2D eigenvalue weighted by molar-refractivity contribution is 5.97. The summed E-state index contributed by atoms with van der Waals surface area (Å²) in [6.45, 7) is 10.2. The number of carbonyl (C=O) groups is 1. The van der Waals surface area contributed by atoms with Crippen LogP contribution < -0.4 is 4.90 Å². The van der Waals surface area contributed by atoms with Crippen molar-refractivity contribution in [1.82, 2.24) is 4.90 Å². The molecular formula is C22H27FN2O. The first kappa shape index (κ1) is 18.6. The van der Waals surface area contributed by atoms with Crippen LogP contribution in [0.15, 0.2) is 48.5 Å². The molecule has 0 N–H and O–H groups in total. The minimum Gasteiger partial charge on any atom is -0.310 e. The Labute approximate surface area is 155 Å². The van der Waals surface area contributed by atoms with Crippen LogP contribution in [0.4, 0.5) is 10.1 Å². The zero-order valence-corrected chi connectivity index (χ0v) is 16.0. The molecule has 1 unspecified atom stereocenters. The fourth-order valence-corrected chi connectivity index (χ4v) is 3.37. The molecule has 1 atom stereocenters. The van der Waals surface area contributed by atoms with Crippen LogP contribution in [-0.4, -0.2) is 29.9 Å². The molecule has 138 valence electrons. The van der Waals surface area contributed by atoms with Crippen LogP contribution in [0.2, 0.25) is 0 Å². The van der Waals surface area contributed by atoms with Crippen molar-refractivity contribution in [3.05, 3.63) is 65.5 Å². The van der Waals surface area contributed by atoms with Gasteiger partial charge in [0.25, 0.3) is 0 Å². The van der Waals surface area contributed by atoms with Gasteiger partial charge in [0.1, 0.15) is 5.82 Å². The molecule has 1 heterocycles. The SMILES string of the molecule is CC1C(=O)N(c2ccc(C(C)(C)C)cc2)CCN1Cc1ccccc1F. The van der Waals surface area contributed by atoms with Crippen molar-refractivity contribution >= 4 is 11.6 Å². The van der Waals surface area contributed by atoms with Gasteiger partial charge in [0.15, 0.2) is 0 Å². The van der Waals surface area contributed by atoms with Crippen molar-refractivity contribution in [1.29, 1.82) is 0 Å². The number of halogens is 1. The van der Waals surface area contributed by atoms with Gasteiger partial charge in [-0.3, -0.25) is 9.69 Å². The molecule has 1 saturated heterocycles. The lowest BCUT2D eigenvalue weighted by molar-refractivity contribution is -0.125. The number of hydrogen-bond donors (Lipinski definition) is 0. The van der Waals surface area contributed by atoms with Crippen LogP contribution in [0.25, 0.3) is 0 Å². The van der Waals surface area contributed by atoms with Crippen LogP contribution in [0.1, 0.15) is 38.8 Å². The molecule has 0 aliphatic carbocycles. The van der Waals surface area contributed by atoms with Gasteiger partial charge < -0.3 is 4.90 Å². The predicted molar refractivity (Wildman–Crippen MR) is 104 cm³/mol. The molecule has 2 aromatic rings. The summed E-state index contributed by atoms with van der Waals surface area (Å²) in [6.07, 6.45) is 0. The summed E-state index contributed by atoms with van der Waals surface area (Å²) in [6, 6.07) is 14.7. The van der Waals surface area contributed by atoms with E-state index in [1.165, 1.54) is 11.6 Å². The van der Waals surface area contributed by atoms with Crippen LogP contribution in [0.3, 0.4) is 0 Å². The second kappa shape index (κ2) is 7.20. The van der Waals surface area contributed by atoms with Crippen LogP contribution in [0, 0.1) is 5.82 Å². The Morgan fingerprint density at radius 3 is 2.31 bits per heavy atom. The first-order valence-electron chi connectivity index (χ1n) is 9.17. The third-order valence-electron chi connectivity index (χ3n) is 5.16. The Morgan fingerprint density at radius 1 is 1.04 bits per heavy atom. The second-order valence-corrected chi connectivity index (χ2v) is 8.02. The maximum absolute atomic E-state index is 13.9. The number of rotatable bonds is 3. The lowest BCUT2D eigenvalue weighted by Gasteiger charge is -2.39. The average Bonchev–Trinajstić information content (AvgIpc) is 2.60. The zero-order chi connectivity index (χ0) is 18.9. The Balaban J connectivity index is 1.72. The van der Waals surface area contributed by atoms with Crippen molar-refractivity contribution in [3.63, 3.8) is 0 Å². The number of amides is 1. The molecule has 0 spiro atoms. The molecule has 1 amide bonds. The summed E-state index contributed by atoms with van der Waals surface area (Å²) >= 11 is 0. The van der Waals surface area contributed by atoms with Gasteiger partial charge in [0.05, 0.1) is 6.04 Å². The summed E-state index contributed by atoms with van der Waals surface area (Å²) < 4.78 is 13.9. The Hall–Kier alpha value is -2.20. The molecule has 26 heavy (non-hydrogen) atoms. The zero-order valence-electron chi connectivity index (χ0n) is 16.0. The first-order chi connectivity index (χ1) is 12.3. The number of benzene rings is 2. The van der Waals surface area contributed by atoms with E-state index in [-0.39, 0.29) is 23.2 Å². The molecule has 0 bridgehead atoms. The van der Waals surface area contributed by atoms with E-state index in [4.69, 9.17) is 0 Å². The van der Waals surface area contributed by atoms with E-state index in [1.54, 1.807) is 12.1 Å². The maximum atomic E-state index is 13.9. The molecule has 3 rings (SSSR count). The minimum atomic E-state index is -0.273. The molecule has 0 radical (unpaired) electrons. The highest BCUT2D eigenvalue weighted by atomic mass is 19.1. The standard InChI is InChI=1S/C22H27FN2O/c1-16-21(26)25(19-11-9-18(10-12-19)22(2,3)4)14-13-24(16)15-17-7-5-6-8-20(17)23/h5-12,16H,13-15H2,1-4H3. The second-order valence-electron chi connectivity index (χ2n) is 8.02. The lowest BCUT2D eigenvalue weighted by atomic mass is 9.87. The molecule has 0 saturated carbocycles. The summed E-state index contributed by atoms with van der Waals surface area (Å²) in [7, 11) is 0. The summed E-state index contributed by atoms with van der Waals surface area (Å²) in [5, 5.41) is 0. The van der Waals surface area contributed by atoms with Gasteiger partial charge >= 0.3 is 0 Å².